The zero-order valence-electron chi connectivity index (χ0n) is 8.61. The summed E-state index contributed by atoms with van der Waals surface area (Å²) in [6.07, 6.45) is 1.87. The number of anilines is 1. The number of nitrogens with two attached hydrogens (primary N) is 1. The number of rotatable bonds is 3. The quantitative estimate of drug-likeness (QED) is 0.771. The molecule has 1 rings (SSSR count). The summed E-state index contributed by atoms with van der Waals surface area (Å²) in [4.78, 5) is 0. The molecule has 74 valence electrons. The zero-order valence-corrected chi connectivity index (χ0v) is 8.61. The molecule has 1 unspecified atom stereocenters. The first-order chi connectivity index (χ1) is 6.00. The highest BCUT2D eigenvalue weighted by atomic mass is 16.5. The molecule has 1 heterocycles. The Labute approximate surface area is 78.7 Å². The van der Waals surface area contributed by atoms with E-state index in [9.17, 15) is 0 Å². The lowest BCUT2D eigenvalue weighted by Crippen LogP contribution is -2.19. The minimum absolute atomic E-state index is 0.136. The first kappa shape index (κ1) is 9.89. The summed E-state index contributed by atoms with van der Waals surface area (Å²) in [6, 6.07) is 0. The molecule has 1 aromatic heterocycles. The van der Waals surface area contributed by atoms with Crippen LogP contribution in [0.4, 0.5) is 5.69 Å². The third kappa shape index (κ3) is 2.37. The van der Waals surface area contributed by atoms with Gasteiger partial charge in [0, 0.05) is 7.05 Å². The molecule has 0 aliphatic heterocycles. The van der Waals surface area contributed by atoms with Crippen LogP contribution in [0.1, 0.15) is 20.8 Å². The highest BCUT2D eigenvalue weighted by Crippen LogP contribution is 2.20. The van der Waals surface area contributed by atoms with E-state index in [1.807, 2.05) is 14.0 Å². The van der Waals surface area contributed by atoms with E-state index < -0.39 is 0 Å². The molecule has 4 nitrogen and oxygen atoms in total. The van der Waals surface area contributed by atoms with Crippen LogP contribution in [-0.4, -0.2) is 15.9 Å². The topological polar surface area (TPSA) is 53.1 Å². The summed E-state index contributed by atoms with van der Waals surface area (Å²) in [5, 5.41) is 4.10. The number of nitrogen functional groups attached to an aromatic ring is 1. The fraction of sp³-hybridized carbons (Fsp3) is 0.667. The fourth-order valence-corrected chi connectivity index (χ4v) is 0.890. The molecule has 0 saturated heterocycles. The van der Waals surface area contributed by atoms with Crippen LogP contribution in [0.15, 0.2) is 6.20 Å². The molecule has 0 amide bonds. The second-order valence-electron chi connectivity index (χ2n) is 3.63. The van der Waals surface area contributed by atoms with E-state index in [4.69, 9.17) is 10.5 Å². The predicted molar refractivity (Wildman–Crippen MR) is 52.5 cm³/mol. The molecular formula is C9H17N3O. The van der Waals surface area contributed by atoms with Crippen molar-refractivity contribution in [3.05, 3.63) is 6.20 Å². The Morgan fingerprint density at radius 2 is 2.08 bits per heavy atom. The van der Waals surface area contributed by atoms with Crippen molar-refractivity contribution in [1.82, 2.24) is 9.78 Å². The number of aromatic nitrogens is 2. The van der Waals surface area contributed by atoms with Crippen LogP contribution in [0.5, 0.6) is 5.88 Å². The van der Waals surface area contributed by atoms with Crippen LogP contribution in [0.3, 0.4) is 0 Å². The monoisotopic (exact) mass is 183 g/mol. The molecule has 0 spiro atoms. The number of ether oxygens (including phenoxy) is 1. The first-order valence-electron chi connectivity index (χ1n) is 4.46. The maximum absolute atomic E-state index is 5.68. The van der Waals surface area contributed by atoms with E-state index >= 15 is 0 Å². The van der Waals surface area contributed by atoms with Gasteiger partial charge in [-0.1, -0.05) is 13.8 Å². The van der Waals surface area contributed by atoms with Gasteiger partial charge in [0.1, 0.15) is 11.8 Å². The number of aryl methyl sites for hydroxylation is 1. The normalized spacial score (nSPS) is 13.3. The molecule has 1 aromatic rings. The van der Waals surface area contributed by atoms with Crippen molar-refractivity contribution in [1.29, 1.82) is 0 Å². The lowest BCUT2D eigenvalue weighted by atomic mass is 10.1. The maximum Gasteiger partial charge on any atom is 0.256 e. The van der Waals surface area contributed by atoms with Crippen molar-refractivity contribution < 1.29 is 4.74 Å². The Kier molecular flexibility index (Phi) is 2.80. The highest BCUT2D eigenvalue weighted by molar-refractivity contribution is 5.45. The molecule has 0 radical (unpaired) electrons. The second kappa shape index (κ2) is 3.68. The minimum atomic E-state index is 0.136. The molecule has 0 bridgehead atoms. The van der Waals surface area contributed by atoms with Crippen molar-refractivity contribution in [3.8, 4) is 5.88 Å². The third-order valence-corrected chi connectivity index (χ3v) is 2.06. The van der Waals surface area contributed by atoms with Crippen molar-refractivity contribution in [2.24, 2.45) is 13.0 Å². The van der Waals surface area contributed by atoms with Gasteiger partial charge < -0.3 is 10.5 Å². The van der Waals surface area contributed by atoms with Crippen LogP contribution < -0.4 is 10.5 Å². The van der Waals surface area contributed by atoms with Gasteiger partial charge in [0.05, 0.1) is 6.20 Å². The van der Waals surface area contributed by atoms with E-state index in [1.54, 1.807) is 10.9 Å². The Morgan fingerprint density at radius 3 is 2.46 bits per heavy atom. The van der Waals surface area contributed by atoms with Gasteiger partial charge in [0.25, 0.3) is 5.88 Å². The van der Waals surface area contributed by atoms with Gasteiger partial charge in [-0.05, 0) is 12.8 Å². The molecule has 0 aliphatic carbocycles. The molecule has 0 aromatic carbocycles. The molecule has 0 aliphatic rings. The fourth-order valence-electron chi connectivity index (χ4n) is 0.890. The Bertz CT molecular complexity index is 280. The zero-order chi connectivity index (χ0) is 10.0. The van der Waals surface area contributed by atoms with Gasteiger partial charge >= 0.3 is 0 Å². The highest BCUT2D eigenvalue weighted by Gasteiger charge is 2.12. The van der Waals surface area contributed by atoms with Crippen molar-refractivity contribution >= 4 is 5.69 Å². The average molecular weight is 183 g/mol. The molecule has 13 heavy (non-hydrogen) atoms. The van der Waals surface area contributed by atoms with Gasteiger partial charge in [-0.2, -0.15) is 0 Å². The van der Waals surface area contributed by atoms with E-state index in [0.717, 1.165) is 0 Å². The van der Waals surface area contributed by atoms with Crippen molar-refractivity contribution in [2.75, 3.05) is 5.73 Å². The SMILES string of the molecule is CC(C)C(C)Oc1nn(C)cc1N. The molecular weight excluding hydrogens is 166 g/mol. The minimum Gasteiger partial charge on any atom is -0.472 e. The molecule has 1 atom stereocenters. The summed E-state index contributed by atoms with van der Waals surface area (Å²) >= 11 is 0. The lowest BCUT2D eigenvalue weighted by molar-refractivity contribution is 0.163. The van der Waals surface area contributed by atoms with Gasteiger partial charge in [0.15, 0.2) is 0 Å². The molecule has 0 saturated carbocycles. The van der Waals surface area contributed by atoms with E-state index in [-0.39, 0.29) is 6.10 Å². The average Bonchev–Trinajstić information content (AvgIpc) is 2.30. The van der Waals surface area contributed by atoms with Crippen LogP contribution in [0.25, 0.3) is 0 Å². The van der Waals surface area contributed by atoms with Crippen LogP contribution in [0, 0.1) is 5.92 Å². The Hall–Kier alpha value is -1.19. The van der Waals surface area contributed by atoms with Gasteiger partial charge in [-0.15, -0.1) is 5.10 Å². The van der Waals surface area contributed by atoms with Crippen LogP contribution in [-0.2, 0) is 7.05 Å². The van der Waals surface area contributed by atoms with Crippen LogP contribution >= 0.6 is 0 Å². The van der Waals surface area contributed by atoms with Crippen molar-refractivity contribution in [3.63, 3.8) is 0 Å². The standard InChI is InChI=1S/C9H17N3O/c1-6(2)7(3)13-9-8(10)5-12(4)11-9/h5-7H,10H2,1-4H3. The lowest BCUT2D eigenvalue weighted by Gasteiger charge is -2.16. The van der Waals surface area contributed by atoms with E-state index in [1.165, 1.54) is 0 Å². The van der Waals surface area contributed by atoms with Crippen LogP contribution in [0.2, 0.25) is 0 Å². The largest absolute Gasteiger partial charge is 0.472 e. The molecule has 2 N–H and O–H groups in total. The molecule has 0 fully saturated rings. The summed E-state index contributed by atoms with van der Waals surface area (Å²) in [6.45, 7) is 6.21. The summed E-state index contributed by atoms with van der Waals surface area (Å²) in [5.74, 6) is 0.991. The third-order valence-electron chi connectivity index (χ3n) is 2.06. The second-order valence-corrected chi connectivity index (χ2v) is 3.63. The number of hydrogen-bond acceptors (Lipinski definition) is 3. The molecule has 4 heteroatoms. The summed E-state index contributed by atoms with van der Waals surface area (Å²) in [7, 11) is 1.82. The summed E-state index contributed by atoms with van der Waals surface area (Å²) < 4.78 is 7.22. The van der Waals surface area contributed by atoms with E-state index in [2.05, 4.69) is 18.9 Å². The van der Waals surface area contributed by atoms with Crippen molar-refractivity contribution in [2.45, 2.75) is 26.9 Å². The number of hydrogen-bond donors (Lipinski definition) is 1. The Balaban J connectivity index is 2.68. The van der Waals surface area contributed by atoms with Gasteiger partial charge in [-0.3, -0.25) is 4.68 Å². The predicted octanol–water partition coefficient (Wildman–Crippen LogP) is 1.43. The van der Waals surface area contributed by atoms with E-state index in [0.29, 0.717) is 17.5 Å². The van der Waals surface area contributed by atoms with Gasteiger partial charge in [0.2, 0.25) is 0 Å². The maximum atomic E-state index is 5.68. The number of nitrogens with zero attached hydrogens (tertiary/aromatic N) is 2. The Morgan fingerprint density at radius 1 is 1.46 bits per heavy atom. The smallest absolute Gasteiger partial charge is 0.256 e. The first-order valence-corrected chi connectivity index (χ1v) is 4.46. The summed E-state index contributed by atoms with van der Waals surface area (Å²) in [5.41, 5.74) is 6.27. The van der Waals surface area contributed by atoms with Gasteiger partial charge in [-0.25, -0.2) is 0 Å².